The summed E-state index contributed by atoms with van der Waals surface area (Å²) in [5.74, 6) is -0.699. The zero-order chi connectivity index (χ0) is 13.7. The fourth-order valence-corrected chi connectivity index (χ4v) is 2.27. The van der Waals surface area contributed by atoms with Gasteiger partial charge in [-0.3, -0.25) is 9.69 Å². The van der Waals surface area contributed by atoms with Gasteiger partial charge in [0.25, 0.3) is 5.91 Å². The van der Waals surface area contributed by atoms with Crippen molar-refractivity contribution in [2.75, 3.05) is 39.3 Å². The summed E-state index contributed by atoms with van der Waals surface area (Å²) in [6, 6.07) is 6.09. The van der Waals surface area contributed by atoms with Crippen molar-refractivity contribution < 1.29 is 14.3 Å². The third kappa shape index (κ3) is 3.52. The Kier molecular flexibility index (Phi) is 4.87. The third-order valence-electron chi connectivity index (χ3n) is 3.40. The lowest BCUT2D eigenvalue weighted by molar-refractivity contribution is 0.0624. The molecule has 0 aliphatic carbocycles. The van der Waals surface area contributed by atoms with Crippen LogP contribution in [0.1, 0.15) is 16.8 Å². The predicted octanol–water partition coefficient (Wildman–Crippen LogP) is 0.966. The summed E-state index contributed by atoms with van der Waals surface area (Å²) < 4.78 is 13.6. The van der Waals surface area contributed by atoms with Crippen molar-refractivity contribution in [3.8, 4) is 0 Å². The molecule has 1 fully saturated rings. The Balaban J connectivity index is 1.91. The van der Waals surface area contributed by atoms with E-state index in [2.05, 4.69) is 4.90 Å². The number of hydrogen-bond donors (Lipinski definition) is 1. The average Bonchev–Trinajstić information content (AvgIpc) is 2.45. The minimum Gasteiger partial charge on any atom is -0.396 e. The summed E-state index contributed by atoms with van der Waals surface area (Å²) in [6.07, 6.45) is 0.751. The molecule has 104 valence electrons. The highest BCUT2D eigenvalue weighted by molar-refractivity contribution is 5.94. The minimum absolute atomic E-state index is 0.145. The molecule has 19 heavy (non-hydrogen) atoms. The Bertz CT molecular complexity index is 431. The van der Waals surface area contributed by atoms with Gasteiger partial charge in [0.05, 0.1) is 5.56 Å². The number of nitrogens with zero attached hydrogens (tertiary/aromatic N) is 2. The molecule has 1 N–H and O–H groups in total. The number of carbonyl (C=O) groups excluding carboxylic acids is 1. The van der Waals surface area contributed by atoms with Crippen molar-refractivity contribution in [2.45, 2.75) is 6.42 Å². The molecule has 0 unspecified atom stereocenters. The van der Waals surface area contributed by atoms with E-state index in [1.165, 1.54) is 12.1 Å². The average molecular weight is 266 g/mol. The molecule has 0 bridgehead atoms. The second kappa shape index (κ2) is 6.63. The maximum absolute atomic E-state index is 13.6. The van der Waals surface area contributed by atoms with Crippen molar-refractivity contribution in [1.29, 1.82) is 0 Å². The molecule has 0 aromatic heterocycles. The van der Waals surface area contributed by atoms with Crippen molar-refractivity contribution >= 4 is 5.91 Å². The van der Waals surface area contributed by atoms with Gasteiger partial charge in [0.15, 0.2) is 0 Å². The van der Waals surface area contributed by atoms with Gasteiger partial charge < -0.3 is 10.0 Å². The van der Waals surface area contributed by atoms with E-state index in [1.54, 1.807) is 17.0 Å². The highest BCUT2D eigenvalue weighted by atomic mass is 19.1. The van der Waals surface area contributed by atoms with E-state index in [9.17, 15) is 9.18 Å². The monoisotopic (exact) mass is 266 g/mol. The van der Waals surface area contributed by atoms with Gasteiger partial charge >= 0.3 is 0 Å². The predicted molar refractivity (Wildman–Crippen MR) is 70.4 cm³/mol. The third-order valence-corrected chi connectivity index (χ3v) is 3.40. The highest BCUT2D eigenvalue weighted by Crippen LogP contribution is 2.12. The lowest BCUT2D eigenvalue weighted by Crippen LogP contribution is -2.49. The van der Waals surface area contributed by atoms with E-state index in [0.717, 1.165) is 26.1 Å². The number of aliphatic hydroxyl groups is 1. The van der Waals surface area contributed by atoms with Crippen LogP contribution < -0.4 is 0 Å². The van der Waals surface area contributed by atoms with Crippen LogP contribution in [-0.4, -0.2) is 60.1 Å². The Morgan fingerprint density at radius 2 is 1.89 bits per heavy atom. The molecule has 1 heterocycles. The largest absolute Gasteiger partial charge is 0.396 e. The van der Waals surface area contributed by atoms with Gasteiger partial charge in [0.2, 0.25) is 0 Å². The topological polar surface area (TPSA) is 43.8 Å². The SMILES string of the molecule is O=C(c1ccccc1F)N1CCN(CCCO)CC1. The van der Waals surface area contributed by atoms with Crippen LogP contribution in [0.2, 0.25) is 0 Å². The molecular weight excluding hydrogens is 247 g/mol. The highest BCUT2D eigenvalue weighted by Gasteiger charge is 2.23. The number of hydrogen-bond acceptors (Lipinski definition) is 3. The van der Waals surface area contributed by atoms with Crippen LogP contribution in [0, 0.1) is 5.82 Å². The molecule has 0 atom stereocenters. The normalized spacial score (nSPS) is 16.6. The first-order chi connectivity index (χ1) is 9.22. The second-order valence-electron chi connectivity index (χ2n) is 4.69. The zero-order valence-electron chi connectivity index (χ0n) is 10.9. The molecule has 0 radical (unpaired) electrons. The number of amides is 1. The summed E-state index contributed by atoms with van der Waals surface area (Å²) >= 11 is 0. The maximum Gasteiger partial charge on any atom is 0.256 e. The number of aliphatic hydroxyl groups excluding tert-OH is 1. The first-order valence-electron chi connectivity index (χ1n) is 6.59. The standard InChI is InChI=1S/C14H19FN2O2/c15-13-5-2-1-4-12(13)14(19)17-9-7-16(8-10-17)6-3-11-18/h1-2,4-5,18H,3,6-11H2. The smallest absolute Gasteiger partial charge is 0.256 e. The van der Waals surface area contributed by atoms with Gasteiger partial charge in [0, 0.05) is 39.3 Å². The first-order valence-corrected chi connectivity index (χ1v) is 6.59. The van der Waals surface area contributed by atoms with E-state index >= 15 is 0 Å². The zero-order valence-corrected chi connectivity index (χ0v) is 10.9. The molecule has 1 amide bonds. The van der Waals surface area contributed by atoms with E-state index in [4.69, 9.17) is 5.11 Å². The van der Waals surface area contributed by atoms with Crippen LogP contribution in [0.5, 0.6) is 0 Å². The molecule has 0 spiro atoms. The summed E-state index contributed by atoms with van der Waals surface area (Å²) in [5, 5.41) is 8.78. The van der Waals surface area contributed by atoms with Crippen molar-refractivity contribution in [1.82, 2.24) is 9.80 Å². The minimum atomic E-state index is -0.463. The Morgan fingerprint density at radius 3 is 2.53 bits per heavy atom. The fraction of sp³-hybridized carbons (Fsp3) is 0.500. The second-order valence-corrected chi connectivity index (χ2v) is 4.69. The molecule has 2 rings (SSSR count). The molecule has 1 aliphatic rings. The quantitative estimate of drug-likeness (QED) is 0.883. The summed E-state index contributed by atoms with van der Waals surface area (Å²) in [4.78, 5) is 16.1. The van der Waals surface area contributed by atoms with Crippen LogP contribution in [0.4, 0.5) is 4.39 Å². The van der Waals surface area contributed by atoms with Crippen molar-refractivity contribution in [3.63, 3.8) is 0 Å². The number of carbonyl (C=O) groups is 1. The number of rotatable bonds is 4. The lowest BCUT2D eigenvalue weighted by atomic mass is 10.1. The number of benzene rings is 1. The van der Waals surface area contributed by atoms with Gasteiger partial charge in [0.1, 0.15) is 5.82 Å². The molecular formula is C14H19FN2O2. The van der Waals surface area contributed by atoms with Gasteiger partial charge in [-0.1, -0.05) is 12.1 Å². The Morgan fingerprint density at radius 1 is 1.21 bits per heavy atom. The molecule has 1 aromatic rings. The number of halogens is 1. The van der Waals surface area contributed by atoms with Gasteiger partial charge in [-0.05, 0) is 18.6 Å². The summed E-state index contributed by atoms with van der Waals surface area (Å²) in [7, 11) is 0. The van der Waals surface area contributed by atoms with Gasteiger partial charge in [-0.25, -0.2) is 4.39 Å². The van der Waals surface area contributed by atoms with Crippen LogP contribution in [0.15, 0.2) is 24.3 Å². The van der Waals surface area contributed by atoms with Crippen molar-refractivity contribution in [2.24, 2.45) is 0 Å². The molecule has 1 aromatic carbocycles. The van der Waals surface area contributed by atoms with Gasteiger partial charge in [-0.15, -0.1) is 0 Å². The molecule has 5 heteroatoms. The van der Waals surface area contributed by atoms with E-state index in [-0.39, 0.29) is 18.1 Å². The molecule has 1 aliphatic heterocycles. The number of piperazine rings is 1. The molecule has 1 saturated heterocycles. The molecule has 0 saturated carbocycles. The lowest BCUT2D eigenvalue weighted by Gasteiger charge is -2.34. The van der Waals surface area contributed by atoms with Crippen LogP contribution >= 0.6 is 0 Å². The maximum atomic E-state index is 13.6. The fourth-order valence-electron chi connectivity index (χ4n) is 2.27. The van der Waals surface area contributed by atoms with E-state index in [1.807, 2.05) is 0 Å². The molecule has 4 nitrogen and oxygen atoms in total. The Hall–Kier alpha value is -1.46. The van der Waals surface area contributed by atoms with E-state index < -0.39 is 5.82 Å². The summed E-state index contributed by atoms with van der Waals surface area (Å²) in [6.45, 7) is 3.81. The summed E-state index contributed by atoms with van der Waals surface area (Å²) in [5.41, 5.74) is 0.145. The van der Waals surface area contributed by atoms with Gasteiger partial charge in [-0.2, -0.15) is 0 Å². The van der Waals surface area contributed by atoms with Crippen LogP contribution in [-0.2, 0) is 0 Å². The van der Waals surface area contributed by atoms with Crippen LogP contribution in [0.25, 0.3) is 0 Å². The Labute approximate surface area is 112 Å². The van der Waals surface area contributed by atoms with Crippen LogP contribution in [0.3, 0.4) is 0 Å². The van der Waals surface area contributed by atoms with Crippen molar-refractivity contribution in [3.05, 3.63) is 35.6 Å². The van der Waals surface area contributed by atoms with E-state index in [0.29, 0.717) is 13.1 Å². The first kappa shape index (κ1) is 14.0.